The zero-order valence-corrected chi connectivity index (χ0v) is 10.0. The number of nitrogens with two attached hydrogens (primary N) is 1. The molecule has 0 amide bonds. The van der Waals surface area contributed by atoms with Crippen LogP contribution in [0.3, 0.4) is 0 Å². The molecule has 0 bridgehead atoms. The quantitative estimate of drug-likeness (QED) is 0.260. The maximum atomic E-state index is 4.79. The van der Waals surface area contributed by atoms with Gasteiger partial charge in [0.1, 0.15) is 6.61 Å². The van der Waals surface area contributed by atoms with E-state index in [0.717, 1.165) is 5.92 Å². The fraction of sp³-hybridized carbons (Fsp3) is 0.571. The minimum Gasteiger partial charge on any atom is -0.560 e. The second-order valence-electron chi connectivity index (χ2n) is 1.96. The molecule has 2 N–H and O–H groups in total. The van der Waals surface area contributed by atoms with E-state index in [2.05, 4.69) is 11.5 Å². The van der Waals surface area contributed by atoms with Crippen molar-refractivity contribution in [1.29, 1.82) is 0 Å². The average Bonchev–Trinajstić information content (AvgIpc) is 2.51. The first-order valence-electron chi connectivity index (χ1n) is 2.71. The van der Waals surface area contributed by atoms with Crippen molar-refractivity contribution >= 4 is 6.34 Å². The van der Waals surface area contributed by atoms with E-state index >= 15 is 0 Å². The molecular formula is C7H15N2OY. The van der Waals surface area contributed by atoms with Crippen LogP contribution in [-0.2, 0) is 37.5 Å². The summed E-state index contributed by atoms with van der Waals surface area (Å²) in [6, 6.07) is 0. The van der Waals surface area contributed by atoms with Crippen molar-refractivity contribution in [3.05, 3.63) is 14.9 Å². The van der Waals surface area contributed by atoms with Crippen LogP contribution in [0.4, 0.5) is 0 Å². The summed E-state index contributed by atoms with van der Waals surface area (Å²) < 4.78 is 0. The smallest absolute Gasteiger partial charge is 0.560 e. The molecule has 0 unspecified atom stereocenters. The van der Waals surface area contributed by atoms with Crippen molar-refractivity contribution < 1.29 is 37.5 Å². The SMILES string of the molecule is N[C-]=NOCC1CC1.[CH3-].[CH3-].[Y+3]. The summed E-state index contributed by atoms with van der Waals surface area (Å²) in [5, 5.41) is 3.28. The summed E-state index contributed by atoms with van der Waals surface area (Å²) in [7, 11) is 0. The van der Waals surface area contributed by atoms with Gasteiger partial charge in [-0.3, -0.25) is 11.5 Å². The Labute approximate surface area is 94.6 Å². The number of nitrogens with zero attached hydrogens (tertiary/aromatic N) is 1. The van der Waals surface area contributed by atoms with E-state index in [9.17, 15) is 0 Å². The summed E-state index contributed by atoms with van der Waals surface area (Å²) >= 11 is 0. The van der Waals surface area contributed by atoms with Crippen LogP contribution in [0.5, 0.6) is 0 Å². The average molecular weight is 232 g/mol. The normalized spacial score (nSPS) is 14.2. The maximum absolute atomic E-state index is 4.79. The fourth-order valence-corrected chi connectivity index (χ4v) is 0.464. The number of hydrogen-bond donors (Lipinski definition) is 1. The molecule has 11 heavy (non-hydrogen) atoms. The van der Waals surface area contributed by atoms with Crippen LogP contribution < -0.4 is 5.73 Å². The van der Waals surface area contributed by atoms with Gasteiger partial charge in [0.2, 0.25) is 0 Å². The van der Waals surface area contributed by atoms with Crippen molar-refractivity contribution in [3.8, 4) is 0 Å². The fourth-order valence-electron chi connectivity index (χ4n) is 0.464. The van der Waals surface area contributed by atoms with Crippen LogP contribution in [-0.4, -0.2) is 12.9 Å². The van der Waals surface area contributed by atoms with E-state index < -0.39 is 0 Å². The molecule has 0 spiro atoms. The molecule has 62 valence electrons. The zero-order valence-electron chi connectivity index (χ0n) is 7.21. The van der Waals surface area contributed by atoms with Crippen molar-refractivity contribution in [2.45, 2.75) is 12.8 Å². The molecule has 1 fully saturated rings. The minimum absolute atomic E-state index is 0. The van der Waals surface area contributed by atoms with Crippen LogP contribution in [0, 0.1) is 20.8 Å². The van der Waals surface area contributed by atoms with E-state index in [-0.39, 0.29) is 47.6 Å². The molecule has 0 radical (unpaired) electrons. The molecule has 0 atom stereocenters. The van der Waals surface area contributed by atoms with Crippen LogP contribution >= 0.6 is 0 Å². The van der Waals surface area contributed by atoms with Crippen molar-refractivity contribution in [2.75, 3.05) is 6.61 Å². The van der Waals surface area contributed by atoms with Gasteiger partial charge in [-0.15, -0.1) is 0 Å². The first-order chi connectivity index (χ1) is 3.93. The summed E-state index contributed by atoms with van der Waals surface area (Å²) in [5.41, 5.74) is 4.79. The van der Waals surface area contributed by atoms with Gasteiger partial charge < -0.3 is 25.4 Å². The Bertz CT molecular complexity index is 94.4. The van der Waals surface area contributed by atoms with Crippen molar-refractivity contribution in [2.24, 2.45) is 16.8 Å². The Morgan fingerprint density at radius 1 is 1.45 bits per heavy atom. The molecule has 0 aliphatic heterocycles. The monoisotopic (exact) mass is 232 g/mol. The van der Waals surface area contributed by atoms with Gasteiger partial charge in [-0.2, -0.15) is 0 Å². The van der Waals surface area contributed by atoms with E-state index in [1.165, 1.54) is 12.8 Å². The van der Waals surface area contributed by atoms with E-state index in [0.29, 0.717) is 6.61 Å². The van der Waals surface area contributed by atoms with E-state index in [4.69, 9.17) is 10.6 Å². The van der Waals surface area contributed by atoms with E-state index in [1.54, 1.807) is 0 Å². The molecule has 1 rings (SSSR count). The maximum Gasteiger partial charge on any atom is 3.00 e. The van der Waals surface area contributed by atoms with Gasteiger partial charge in [0.05, 0.1) is 0 Å². The molecule has 1 aliphatic rings. The van der Waals surface area contributed by atoms with Crippen LogP contribution in [0.15, 0.2) is 5.16 Å². The summed E-state index contributed by atoms with van der Waals surface area (Å²) in [6.45, 7) is 0.713. The first kappa shape index (κ1) is 17.5. The van der Waals surface area contributed by atoms with Crippen molar-refractivity contribution in [3.63, 3.8) is 0 Å². The van der Waals surface area contributed by atoms with Crippen molar-refractivity contribution in [1.82, 2.24) is 0 Å². The minimum atomic E-state index is 0. The molecule has 0 aromatic carbocycles. The van der Waals surface area contributed by atoms with Gasteiger partial charge in [0.15, 0.2) is 0 Å². The van der Waals surface area contributed by atoms with Gasteiger partial charge in [-0.1, -0.05) is 0 Å². The van der Waals surface area contributed by atoms with Gasteiger partial charge in [0, 0.05) is 0 Å². The Kier molecular flexibility index (Phi) is 16.5. The van der Waals surface area contributed by atoms with Gasteiger partial charge in [-0.05, 0) is 18.8 Å². The summed E-state index contributed by atoms with van der Waals surface area (Å²) in [6.07, 6.45) is 4.61. The second-order valence-corrected chi connectivity index (χ2v) is 1.96. The Balaban J connectivity index is -0.000000213. The third kappa shape index (κ3) is 10.4. The van der Waals surface area contributed by atoms with Gasteiger partial charge in [0.25, 0.3) is 0 Å². The molecule has 4 heteroatoms. The zero-order chi connectivity index (χ0) is 5.82. The molecule has 1 saturated carbocycles. The Hall–Kier alpha value is 0.374. The predicted octanol–water partition coefficient (Wildman–Crippen LogP) is 1.09. The van der Waals surface area contributed by atoms with Gasteiger partial charge >= 0.3 is 32.7 Å². The molecule has 0 saturated heterocycles. The van der Waals surface area contributed by atoms with Crippen LogP contribution in [0.25, 0.3) is 0 Å². The van der Waals surface area contributed by atoms with Crippen LogP contribution in [0.1, 0.15) is 12.8 Å². The number of hydrogen-bond acceptors (Lipinski definition) is 2. The standard InChI is InChI=1S/C5H9N2O.2CH3.Y/c6-4-7-8-3-5-1-2-5;;;/h5H,1-3H2,(H2,6,7);2*1H3;/q3*-1;+3. The summed E-state index contributed by atoms with van der Waals surface area (Å²) in [5.74, 6) is 0.743. The molecular weight excluding hydrogens is 217 g/mol. The topological polar surface area (TPSA) is 47.6 Å². The Morgan fingerprint density at radius 3 is 2.36 bits per heavy atom. The van der Waals surface area contributed by atoms with Crippen LogP contribution in [0.2, 0.25) is 0 Å². The largest absolute Gasteiger partial charge is 3.00 e. The molecule has 3 nitrogen and oxygen atoms in total. The Morgan fingerprint density at radius 2 is 2.00 bits per heavy atom. The van der Waals surface area contributed by atoms with Gasteiger partial charge in [-0.25, -0.2) is 0 Å². The molecule has 0 heterocycles. The predicted molar refractivity (Wildman–Crippen MR) is 43.1 cm³/mol. The molecule has 0 aromatic rings. The summed E-state index contributed by atoms with van der Waals surface area (Å²) in [4.78, 5) is 4.70. The second kappa shape index (κ2) is 10.4. The molecule has 1 aliphatic carbocycles. The van der Waals surface area contributed by atoms with E-state index in [1.807, 2.05) is 0 Å². The molecule has 0 aromatic heterocycles. The first-order valence-corrected chi connectivity index (χ1v) is 2.71. The third-order valence-corrected chi connectivity index (χ3v) is 1.12. The third-order valence-electron chi connectivity index (χ3n) is 1.12. The number of rotatable bonds is 3.